The molecule has 1 aromatic rings. The third-order valence-corrected chi connectivity index (χ3v) is 3.68. The lowest BCUT2D eigenvalue weighted by molar-refractivity contribution is -0.137. The van der Waals surface area contributed by atoms with Crippen molar-refractivity contribution in [3.63, 3.8) is 0 Å². The number of nitrogens with zero attached hydrogens (tertiary/aromatic N) is 1. The van der Waals surface area contributed by atoms with Crippen LogP contribution in [0.15, 0.2) is 24.3 Å². The quantitative estimate of drug-likeness (QED) is 0.753. The first kappa shape index (κ1) is 15.8. The van der Waals surface area contributed by atoms with Gasteiger partial charge < -0.3 is 4.74 Å². The molecule has 0 spiro atoms. The van der Waals surface area contributed by atoms with Crippen LogP contribution in [0.3, 0.4) is 0 Å². The van der Waals surface area contributed by atoms with E-state index in [-0.39, 0.29) is 10.9 Å². The van der Waals surface area contributed by atoms with Crippen molar-refractivity contribution in [2.75, 3.05) is 5.33 Å². The first-order valence-corrected chi connectivity index (χ1v) is 7.13. The molecule has 1 aromatic carbocycles. The lowest BCUT2D eigenvalue weighted by atomic mass is 10.0. The second kappa shape index (κ2) is 5.67. The van der Waals surface area contributed by atoms with Gasteiger partial charge in [-0.15, -0.1) is 0 Å². The lowest BCUT2D eigenvalue weighted by Gasteiger charge is -2.19. The fourth-order valence-corrected chi connectivity index (χ4v) is 2.47. The number of hydrogen-bond donors (Lipinski definition) is 0. The molecule has 1 heterocycles. The summed E-state index contributed by atoms with van der Waals surface area (Å²) >= 11 is 2.95. The topological polar surface area (TPSA) is 46.6 Å². The van der Waals surface area contributed by atoms with Crippen molar-refractivity contribution in [1.29, 1.82) is 0 Å². The van der Waals surface area contributed by atoms with Gasteiger partial charge in [-0.3, -0.25) is 4.79 Å². The maximum Gasteiger partial charge on any atom is 0.417 e. The number of alkyl halides is 4. The van der Waals surface area contributed by atoms with Gasteiger partial charge in [0.25, 0.3) is 0 Å². The maximum atomic E-state index is 12.7. The summed E-state index contributed by atoms with van der Waals surface area (Å²) < 4.78 is 43.2. The Morgan fingerprint density at radius 3 is 2.67 bits per heavy atom. The molecule has 0 N–H and O–H groups in total. The molecule has 1 fully saturated rings. The normalized spacial score (nSPS) is 22.3. The average molecular weight is 366 g/mol. The van der Waals surface area contributed by atoms with Crippen molar-refractivity contribution in [3.05, 3.63) is 35.4 Å². The Balaban J connectivity index is 2.32. The van der Waals surface area contributed by atoms with Gasteiger partial charge in [-0.2, -0.15) is 13.2 Å². The van der Waals surface area contributed by atoms with Crippen molar-refractivity contribution < 1.29 is 27.5 Å². The highest BCUT2D eigenvalue weighted by atomic mass is 79.9. The van der Waals surface area contributed by atoms with E-state index in [1.165, 1.54) is 12.1 Å². The number of rotatable bonds is 2. The molecule has 0 saturated carbocycles. The molecule has 0 radical (unpaired) electrons. The Morgan fingerprint density at radius 1 is 1.43 bits per heavy atom. The molecule has 2 rings (SSSR count). The van der Waals surface area contributed by atoms with E-state index in [1.807, 2.05) is 0 Å². The second-order valence-corrected chi connectivity index (χ2v) is 5.13. The van der Waals surface area contributed by atoms with Crippen LogP contribution in [0, 0.1) is 0 Å². The number of carbonyl (C=O) groups excluding carboxylic acids is 2. The molecular weight excluding hydrogens is 355 g/mol. The minimum absolute atomic E-state index is 0.0677. The van der Waals surface area contributed by atoms with E-state index in [1.54, 1.807) is 6.92 Å². The van der Waals surface area contributed by atoms with Crippen molar-refractivity contribution >= 4 is 27.9 Å². The van der Waals surface area contributed by atoms with E-state index >= 15 is 0 Å². The highest BCUT2D eigenvalue weighted by Gasteiger charge is 2.43. The Labute approximate surface area is 127 Å². The van der Waals surface area contributed by atoms with Crippen LogP contribution in [-0.4, -0.2) is 28.3 Å². The molecule has 0 bridgehead atoms. The van der Waals surface area contributed by atoms with Crippen molar-refractivity contribution in [2.24, 2.45) is 0 Å². The van der Waals surface area contributed by atoms with E-state index in [0.29, 0.717) is 0 Å². The summed E-state index contributed by atoms with van der Waals surface area (Å²) in [5.41, 5.74) is -0.621. The minimum atomic E-state index is -4.48. The fourth-order valence-electron chi connectivity index (χ4n) is 2.20. The molecule has 0 aliphatic carbocycles. The average Bonchev–Trinajstić information content (AvgIpc) is 2.72. The molecule has 1 saturated heterocycles. The van der Waals surface area contributed by atoms with E-state index in [2.05, 4.69) is 15.9 Å². The van der Waals surface area contributed by atoms with Crippen LogP contribution in [0.4, 0.5) is 18.0 Å². The molecule has 2 amide bonds. The van der Waals surface area contributed by atoms with Gasteiger partial charge in [0.05, 0.1) is 16.9 Å². The zero-order valence-corrected chi connectivity index (χ0v) is 12.4. The van der Waals surface area contributed by atoms with E-state index in [4.69, 9.17) is 4.74 Å². The van der Waals surface area contributed by atoms with Crippen LogP contribution in [0.5, 0.6) is 0 Å². The van der Waals surface area contributed by atoms with Crippen LogP contribution in [-0.2, 0) is 15.7 Å². The van der Waals surface area contributed by atoms with Gasteiger partial charge in [0.15, 0.2) is 0 Å². The predicted molar refractivity (Wildman–Crippen MR) is 70.8 cm³/mol. The summed E-state index contributed by atoms with van der Waals surface area (Å²) in [7, 11) is 0. The summed E-state index contributed by atoms with van der Waals surface area (Å²) in [4.78, 5) is 24.2. The largest absolute Gasteiger partial charge is 0.439 e. The van der Waals surface area contributed by atoms with Gasteiger partial charge in [-0.25, -0.2) is 9.69 Å². The van der Waals surface area contributed by atoms with Gasteiger partial charge in [0.1, 0.15) is 6.10 Å². The monoisotopic (exact) mass is 365 g/mol. The summed E-state index contributed by atoms with van der Waals surface area (Å²) in [6.07, 6.45) is -6.25. The van der Waals surface area contributed by atoms with Crippen molar-refractivity contribution in [1.82, 2.24) is 4.90 Å². The molecule has 114 valence electrons. The van der Waals surface area contributed by atoms with Crippen LogP contribution >= 0.6 is 15.9 Å². The number of carbonyl (C=O) groups is 2. The number of halogens is 4. The van der Waals surface area contributed by atoms with Crippen LogP contribution in [0.1, 0.15) is 24.2 Å². The Morgan fingerprint density at radius 2 is 2.10 bits per heavy atom. The molecule has 0 unspecified atom stereocenters. The lowest BCUT2D eigenvalue weighted by Crippen LogP contribution is -2.38. The highest BCUT2D eigenvalue weighted by Crippen LogP contribution is 2.36. The van der Waals surface area contributed by atoms with Crippen LogP contribution in [0.2, 0.25) is 0 Å². The number of hydrogen-bond acceptors (Lipinski definition) is 3. The van der Waals surface area contributed by atoms with E-state index in [0.717, 1.165) is 17.0 Å². The number of ether oxygens (including phenoxy) is 1. The Hall–Kier alpha value is -1.57. The van der Waals surface area contributed by atoms with Gasteiger partial charge in [-0.1, -0.05) is 28.1 Å². The molecule has 1 aliphatic heterocycles. The van der Waals surface area contributed by atoms with Gasteiger partial charge >= 0.3 is 12.3 Å². The summed E-state index contributed by atoms with van der Waals surface area (Å²) in [5, 5.41) is -0.0677. The third-order valence-electron chi connectivity index (χ3n) is 3.20. The van der Waals surface area contributed by atoms with Gasteiger partial charge in [0.2, 0.25) is 5.91 Å². The van der Waals surface area contributed by atoms with Crippen LogP contribution < -0.4 is 0 Å². The Bertz CT molecular complexity index is 576. The predicted octanol–water partition coefficient (Wildman–Crippen LogP) is 3.51. The first-order chi connectivity index (χ1) is 9.75. The number of benzene rings is 1. The molecule has 4 nitrogen and oxygen atoms in total. The zero-order chi connectivity index (χ0) is 15.8. The molecule has 2 atom stereocenters. The molecule has 21 heavy (non-hydrogen) atoms. The minimum Gasteiger partial charge on any atom is -0.439 e. The molecule has 1 aliphatic rings. The van der Waals surface area contributed by atoms with Gasteiger partial charge in [0, 0.05) is 0 Å². The fraction of sp³-hybridized carbons (Fsp3) is 0.385. The number of imide groups is 1. The van der Waals surface area contributed by atoms with Crippen LogP contribution in [0.25, 0.3) is 0 Å². The van der Waals surface area contributed by atoms with Gasteiger partial charge in [-0.05, 0) is 24.6 Å². The standard InChI is InChI=1S/C13H11BrF3NO3/c1-7-11(21-12(20)18(7)10(19)6-14)8-3-2-4-9(5-8)13(15,16)17/h2-5,7,11H,6H2,1H3/t7-,11-/m0/s1. The van der Waals surface area contributed by atoms with Crippen molar-refractivity contribution in [2.45, 2.75) is 25.2 Å². The summed E-state index contributed by atoms with van der Waals surface area (Å²) in [6.45, 7) is 1.55. The second-order valence-electron chi connectivity index (χ2n) is 4.57. The van der Waals surface area contributed by atoms with E-state index in [9.17, 15) is 22.8 Å². The zero-order valence-electron chi connectivity index (χ0n) is 10.9. The molecular formula is C13H11BrF3NO3. The maximum absolute atomic E-state index is 12.7. The summed E-state index contributed by atoms with van der Waals surface area (Å²) in [5.74, 6) is -0.498. The number of cyclic esters (lactones) is 1. The summed E-state index contributed by atoms with van der Waals surface area (Å²) in [6, 6.07) is 3.87. The Kier molecular flexibility index (Phi) is 4.27. The van der Waals surface area contributed by atoms with E-state index < -0.39 is 35.9 Å². The number of amides is 2. The molecule has 8 heteroatoms. The third kappa shape index (κ3) is 3.04. The SMILES string of the molecule is C[C@H]1[C@@H](c2cccc(C(F)(F)F)c2)OC(=O)N1C(=O)CBr. The van der Waals surface area contributed by atoms with Crippen molar-refractivity contribution in [3.8, 4) is 0 Å². The smallest absolute Gasteiger partial charge is 0.417 e. The highest BCUT2D eigenvalue weighted by molar-refractivity contribution is 9.09. The molecule has 0 aromatic heterocycles. The first-order valence-electron chi connectivity index (χ1n) is 6.01.